The minimum Gasteiger partial charge on any atom is -0.450 e. The molecule has 1 aromatic carbocycles. The molecule has 0 atom stereocenters. The van der Waals surface area contributed by atoms with Gasteiger partial charge in [-0.3, -0.25) is 0 Å². The summed E-state index contributed by atoms with van der Waals surface area (Å²) in [6.07, 6.45) is 7.54. The van der Waals surface area contributed by atoms with Crippen molar-refractivity contribution in [1.82, 2.24) is 4.90 Å². The quantitative estimate of drug-likeness (QED) is 0.815. The van der Waals surface area contributed by atoms with Crippen LogP contribution in [0.5, 0.6) is 0 Å². The van der Waals surface area contributed by atoms with E-state index in [1.807, 2.05) is 47.7 Å². The van der Waals surface area contributed by atoms with Gasteiger partial charge in [-0.2, -0.15) is 0 Å². The molecule has 0 bridgehead atoms. The Morgan fingerprint density at radius 1 is 1.28 bits per heavy atom. The maximum absolute atomic E-state index is 9.02. The Morgan fingerprint density at radius 3 is 2.67 bits per heavy atom. The molecule has 1 aromatic rings. The fraction of sp³-hybridized carbons (Fsp3) is 0.0667. The molecule has 0 saturated carbocycles. The number of hydrogen-bond acceptors (Lipinski definition) is 2. The molecule has 0 unspecified atom stereocenters. The molecule has 0 aliphatic carbocycles. The zero-order valence-corrected chi connectivity index (χ0v) is 10.4. The van der Waals surface area contributed by atoms with Crippen LogP contribution in [-0.2, 0) is 0 Å². The van der Waals surface area contributed by atoms with E-state index in [2.05, 4.69) is 25.6 Å². The van der Waals surface area contributed by atoms with Crippen LogP contribution in [0.1, 0.15) is 12.5 Å². The molecule has 89 valence electrons. The summed E-state index contributed by atoms with van der Waals surface area (Å²) in [4.78, 5) is 1.91. The number of benzene rings is 1. The van der Waals surface area contributed by atoms with Crippen molar-refractivity contribution < 1.29 is 5.02 Å². The predicted octanol–water partition coefficient (Wildman–Crippen LogP) is 2.89. The minimum absolute atomic E-state index is 0.750. The molecular weight excluding hydrogens is 221 g/mol. The summed E-state index contributed by atoms with van der Waals surface area (Å²) in [5.41, 5.74) is 3.93. The number of rotatable bonds is 3. The lowest BCUT2D eigenvalue weighted by atomic mass is 9.87. The van der Waals surface area contributed by atoms with Gasteiger partial charge in [0.1, 0.15) is 0 Å². The predicted molar refractivity (Wildman–Crippen MR) is 76.3 cm³/mol. The molecule has 0 saturated heterocycles. The van der Waals surface area contributed by atoms with E-state index in [4.69, 9.17) is 5.02 Å². The van der Waals surface area contributed by atoms with Crippen LogP contribution in [-0.4, -0.2) is 17.4 Å². The van der Waals surface area contributed by atoms with Gasteiger partial charge >= 0.3 is 7.48 Å². The molecule has 2 nitrogen and oxygen atoms in total. The zero-order valence-electron chi connectivity index (χ0n) is 10.4. The van der Waals surface area contributed by atoms with Crippen molar-refractivity contribution in [1.29, 1.82) is 0 Å². The molecule has 2 rings (SSSR count). The number of allylic oxidation sites excluding steroid dienone is 4. The third kappa shape index (κ3) is 2.82. The summed E-state index contributed by atoms with van der Waals surface area (Å²) in [5, 5.41) is 9.02. The fourth-order valence-electron chi connectivity index (χ4n) is 1.75. The van der Waals surface area contributed by atoms with Gasteiger partial charge in [-0.25, -0.2) is 0 Å². The second kappa shape index (κ2) is 5.56. The lowest BCUT2D eigenvalue weighted by molar-refractivity contribution is 0.603. The monoisotopic (exact) mass is 236 g/mol. The van der Waals surface area contributed by atoms with Crippen molar-refractivity contribution in [3.8, 4) is 0 Å². The van der Waals surface area contributed by atoms with Gasteiger partial charge < -0.3 is 9.92 Å². The van der Waals surface area contributed by atoms with Crippen LogP contribution < -0.4 is 0 Å². The van der Waals surface area contributed by atoms with Crippen molar-refractivity contribution in [2.45, 2.75) is 6.92 Å². The van der Waals surface area contributed by atoms with E-state index in [0.29, 0.717) is 0 Å². The molecule has 3 heteroatoms. The van der Waals surface area contributed by atoms with Gasteiger partial charge in [0, 0.05) is 18.1 Å². The number of hydrogen-bond donors (Lipinski definition) is 1. The Balaban J connectivity index is 2.25. The van der Waals surface area contributed by atoms with Crippen molar-refractivity contribution in [2.75, 3.05) is 0 Å². The summed E-state index contributed by atoms with van der Waals surface area (Å²) in [7, 11) is 1.08. The molecule has 1 aliphatic rings. The van der Waals surface area contributed by atoms with E-state index in [-0.39, 0.29) is 0 Å². The summed E-state index contributed by atoms with van der Waals surface area (Å²) in [5.74, 6) is 0. The first-order valence-corrected chi connectivity index (χ1v) is 5.79. The van der Waals surface area contributed by atoms with Crippen molar-refractivity contribution in [3.63, 3.8) is 0 Å². The minimum atomic E-state index is 0.750. The third-order valence-corrected chi connectivity index (χ3v) is 2.80. The maximum atomic E-state index is 9.02. The first-order valence-electron chi connectivity index (χ1n) is 5.79. The molecule has 1 heterocycles. The topological polar surface area (TPSA) is 23.5 Å². The molecule has 0 spiro atoms. The second-order valence-corrected chi connectivity index (χ2v) is 4.17. The highest BCUT2D eigenvalue weighted by atomic mass is 16.2. The van der Waals surface area contributed by atoms with Gasteiger partial charge in [-0.05, 0) is 29.6 Å². The van der Waals surface area contributed by atoms with E-state index in [9.17, 15) is 0 Å². The Morgan fingerprint density at radius 2 is 2.00 bits per heavy atom. The Labute approximate surface area is 109 Å². The van der Waals surface area contributed by atoms with E-state index in [0.717, 1.165) is 24.2 Å². The van der Waals surface area contributed by atoms with Crippen molar-refractivity contribution >= 4 is 13.1 Å². The molecule has 1 aliphatic heterocycles. The highest BCUT2D eigenvalue weighted by molar-refractivity contribution is 6.37. The summed E-state index contributed by atoms with van der Waals surface area (Å²) >= 11 is 0. The lowest BCUT2D eigenvalue weighted by Gasteiger charge is -2.21. The second-order valence-electron chi connectivity index (χ2n) is 4.17. The summed E-state index contributed by atoms with van der Waals surface area (Å²) in [6, 6.07) is 10.2. The molecule has 0 amide bonds. The smallest absolute Gasteiger partial charge is 0.328 e. The van der Waals surface area contributed by atoms with E-state index >= 15 is 0 Å². The maximum Gasteiger partial charge on any atom is 0.328 e. The number of nitrogens with zero attached hydrogens (tertiary/aromatic N) is 1. The molecule has 0 fully saturated rings. The van der Waals surface area contributed by atoms with Gasteiger partial charge in [0.2, 0.25) is 0 Å². The Kier molecular flexibility index (Phi) is 3.85. The van der Waals surface area contributed by atoms with Crippen molar-refractivity contribution in [2.24, 2.45) is 0 Å². The van der Waals surface area contributed by atoms with Crippen LogP contribution in [0, 0.1) is 0 Å². The lowest BCUT2D eigenvalue weighted by Crippen LogP contribution is -2.13. The molecule has 1 N–H and O–H groups in total. The first-order chi connectivity index (χ1) is 8.70. The molecule has 1 radical (unpaired) electrons. The van der Waals surface area contributed by atoms with Crippen LogP contribution >= 0.6 is 0 Å². The largest absolute Gasteiger partial charge is 0.450 e. The highest BCUT2D eigenvalue weighted by Gasteiger charge is 2.07. The van der Waals surface area contributed by atoms with E-state index < -0.39 is 0 Å². The van der Waals surface area contributed by atoms with Gasteiger partial charge in [0.25, 0.3) is 0 Å². The SMILES string of the molecule is C=C1C=CC([B]O)=CN1/C=C(\C)c1ccccc1. The third-order valence-electron chi connectivity index (χ3n) is 2.80. The summed E-state index contributed by atoms with van der Waals surface area (Å²) in [6.45, 7) is 6.02. The Bertz CT molecular complexity index is 529. The van der Waals surface area contributed by atoms with Crippen LogP contribution in [0.25, 0.3) is 5.57 Å². The molecular formula is C15H15BNO. The zero-order chi connectivity index (χ0) is 13.0. The molecule has 0 aromatic heterocycles. The normalized spacial score (nSPS) is 15.7. The van der Waals surface area contributed by atoms with Crippen LogP contribution in [0.3, 0.4) is 0 Å². The average Bonchev–Trinajstić information content (AvgIpc) is 2.42. The molecule has 18 heavy (non-hydrogen) atoms. The van der Waals surface area contributed by atoms with E-state index in [1.165, 1.54) is 5.56 Å². The van der Waals surface area contributed by atoms with Crippen LogP contribution in [0.2, 0.25) is 0 Å². The summed E-state index contributed by atoms with van der Waals surface area (Å²) < 4.78 is 0. The van der Waals surface area contributed by atoms with Gasteiger partial charge in [0.15, 0.2) is 0 Å². The first kappa shape index (κ1) is 12.5. The van der Waals surface area contributed by atoms with Crippen LogP contribution in [0.4, 0.5) is 0 Å². The highest BCUT2D eigenvalue weighted by Crippen LogP contribution is 2.20. The van der Waals surface area contributed by atoms with Crippen LogP contribution in [0.15, 0.2) is 72.6 Å². The fourth-order valence-corrected chi connectivity index (χ4v) is 1.75. The van der Waals surface area contributed by atoms with Gasteiger partial charge in [-0.1, -0.05) is 43.0 Å². The Hall–Kier alpha value is -2.00. The van der Waals surface area contributed by atoms with Gasteiger partial charge in [0.05, 0.1) is 0 Å². The standard InChI is InChI=1S/C15H15BNO/c1-12(14-6-4-3-5-7-14)10-17-11-15(16-18)9-8-13(17)2/h3-11,18H,2H2,1H3/b12-10+. The van der Waals surface area contributed by atoms with Crippen molar-refractivity contribution in [3.05, 3.63) is 78.2 Å². The average molecular weight is 236 g/mol. The van der Waals surface area contributed by atoms with E-state index in [1.54, 1.807) is 0 Å². The van der Waals surface area contributed by atoms with Gasteiger partial charge in [-0.15, -0.1) is 0 Å².